The molecular weight excluding hydrogens is 270 g/mol. The number of hydrogen-bond acceptors (Lipinski definition) is 5. The molecule has 0 aliphatic carbocycles. The summed E-state index contributed by atoms with van der Waals surface area (Å²) >= 11 is 0. The van der Waals surface area contributed by atoms with E-state index >= 15 is 0 Å². The van der Waals surface area contributed by atoms with E-state index in [2.05, 4.69) is 36.6 Å². The molecule has 8 heteroatoms. The number of aromatic nitrogens is 6. The van der Waals surface area contributed by atoms with Crippen molar-refractivity contribution < 1.29 is 0 Å². The standard InChI is InChI=1S/C13H17N7O/c1-8-6-9(2)20(19-8)5-3-4-14-13-16-11-10(7-15-18-11)12(21)17-13/h6-7H,3-5H2,1-2H3,(H3,14,15,16,17,18,21). The lowest BCUT2D eigenvalue weighted by Gasteiger charge is -2.06. The van der Waals surface area contributed by atoms with Crippen LogP contribution in [0.5, 0.6) is 0 Å². The zero-order valence-corrected chi connectivity index (χ0v) is 12.0. The zero-order valence-electron chi connectivity index (χ0n) is 12.0. The summed E-state index contributed by atoms with van der Waals surface area (Å²) in [4.78, 5) is 18.7. The molecule has 8 nitrogen and oxygen atoms in total. The number of H-pyrrole nitrogens is 2. The van der Waals surface area contributed by atoms with Gasteiger partial charge in [0.15, 0.2) is 5.65 Å². The van der Waals surface area contributed by atoms with Gasteiger partial charge in [0, 0.05) is 18.8 Å². The normalized spacial score (nSPS) is 11.1. The highest BCUT2D eigenvalue weighted by Crippen LogP contribution is 2.05. The SMILES string of the molecule is Cc1cc(C)n(CCCNc2nc3[nH]ncc3c(=O)[nH]2)n1. The number of aromatic amines is 2. The number of aryl methyl sites for hydroxylation is 3. The van der Waals surface area contributed by atoms with Crippen LogP contribution in [-0.4, -0.2) is 36.5 Å². The first kappa shape index (κ1) is 13.3. The molecule has 110 valence electrons. The van der Waals surface area contributed by atoms with Gasteiger partial charge < -0.3 is 5.32 Å². The Morgan fingerprint density at radius 1 is 1.38 bits per heavy atom. The van der Waals surface area contributed by atoms with Gasteiger partial charge in [0.05, 0.1) is 11.9 Å². The first-order chi connectivity index (χ1) is 10.1. The Bertz CT molecular complexity index is 813. The Kier molecular flexibility index (Phi) is 3.43. The monoisotopic (exact) mass is 287 g/mol. The van der Waals surface area contributed by atoms with Crippen LogP contribution in [0.15, 0.2) is 17.1 Å². The third kappa shape index (κ3) is 2.78. The van der Waals surface area contributed by atoms with Gasteiger partial charge in [-0.15, -0.1) is 0 Å². The minimum atomic E-state index is -0.199. The lowest BCUT2D eigenvalue weighted by molar-refractivity contribution is 0.573. The maximum Gasteiger partial charge on any atom is 0.263 e. The second kappa shape index (κ2) is 5.39. The van der Waals surface area contributed by atoms with E-state index in [-0.39, 0.29) is 5.56 Å². The highest BCUT2D eigenvalue weighted by molar-refractivity contribution is 5.73. The van der Waals surface area contributed by atoms with Crippen molar-refractivity contribution >= 4 is 17.0 Å². The summed E-state index contributed by atoms with van der Waals surface area (Å²) in [6, 6.07) is 2.05. The van der Waals surface area contributed by atoms with E-state index in [9.17, 15) is 4.79 Å². The van der Waals surface area contributed by atoms with Crippen molar-refractivity contribution in [1.29, 1.82) is 0 Å². The van der Waals surface area contributed by atoms with E-state index in [1.165, 1.54) is 6.20 Å². The topological polar surface area (TPSA) is 104 Å². The van der Waals surface area contributed by atoms with Gasteiger partial charge in [0.25, 0.3) is 5.56 Å². The Morgan fingerprint density at radius 2 is 2.24 bits per heavy atom. The van der Waals surface area contributed by atoms with Crippen LogP contribution in [0.3, 0.4) is 0 Å². The fourth-order valence-electron chi connectivity index (χ4n) is 2.27. The van der Waals surface area contributed by atoms with Crippen LogP contribution in [-0.2, 0) is 6.54 Å². The minimum absolute atomic E-state index is 0.199. The van der Waals surface area contributed by atoms with Gasteiger partial charge in [-0.25, -0.2) is 0 Å². The molecule has 0 saturated heterocycles. The maximum absolute atomic E-state index is 11.8. The number of hydrogen-bond donors (Lipinski definition) is 3. The van der Waals surface area contributed by atoms with Crippen molar-refractivity contribution in [3.63, 3.8) is 0 Å². The lowest BCUT2D eigenvalue weighted by atomic mass is 10.4. The highest BCUT2D eigenvalue weighted by Gasteiger charge is 2.05. The van der Waals surface area contributed by atoms with E-state index < -0.39 is 0 Å². The molecule has 0 atom stereocenters. The van der Waals surface area contributed by atoms with E-state index in [1.807, 2.05) is 18.5 Å². The summed E-state index contributed by atoms with van der Waals surface area (Å²) in [6.45, 7) is 5.54. The summed E-state index contributed by atoms with van der Waals surface area (Å²) in [6.07, 6.45) is 2.35. The van der Waals surface area contributed by atoms with Crippen LogP contribution in [0.4, 0.5) is 5.95 Å². The fourth-order valence-corrected chi connectivity index (χ4v) is 2.27. The van der Waals surface area contributed by atoms with Crippen LogP contribution in [0.25, 0.3) is 11.0 Å². The van der Waals surface area contributed by atoms with Gasteiger partial charge in [-0.2, -0.15) is 15.2 Å². The number of anilines is 1. The van der Waals surface area contributed by atoms with Crippen molar-refractivity contribution in [3.8, 4) is 0 Å². The summed E-state index contributed by atoms with van der Waals surface area (Å²) in [5.74, 6) is 0.449. The van der Waals surface area contributed by atoms with E-state index in [1.54, 1.807) is 0 Å². The molecule has 0 aromatic carbocycles. The van der Waals surface area contributed by atoms with Crippen LogP contribution in [0, 0.1) is 13.8 Å². The smallest absolute Gasteiger partial charge is 0.263 e. The molecule has 0 radical (unpaired) electrons. The number of nitrogens with one attached hydrogen (secondary N) is 3. The van der Waals surface area contributed by atoms with Crippen molar-refractivity contribution in [1.82, 2.24) is 29.9 Å². The quantitative estimate of drug-likeness (QED) is 0.606. The molecule has 0 bridgehead atoms. The summed E-state index contributed by atoms with van der Waals surface area (Å²) < 4.78 is 1.98. The van der Waals surface area contributed by atoms with E-state index in [4.69, 9.17) is 0 Å². The first-order valence-electron chi connectivity index (χ1n) is 6.82. The molecule has 0 fully saturated rings. The molecule has 0 aliphatic heterocycles. The average Bonchev–Trinajstić information content (AvgIpc) is 3.02. The Morgan fingerprint density at radius 3 is 3.00 bits per heavy atom. The first-order valence-corrected chi connectivity index (χ1v) is 6.82. The van der Waals surface area contributed by atoms with Crippen molar-refractivity contribution in [3.05, 3.63) is 34.0 Å². The van der Waals surface area contributed by atoms with Crippen molar-refractivity contribution in [2.24, 2.45) is 0 Å². The van der Waals surface area contributed by atoms with Crippen LogP contribution >= 0.6 is 0 Å². The minimum Gasteiger partial charge on any atom is -0.356 e. The molecule has 21 heavy (non-hydrogen) atoms. The molecule has 0 saturated carbocycles. The highest BCUT2D eigenvalue weighted by atomic mass is 16.1. The molecule has 0 spiro atoms. The molecule has 3 heterocycles. The number of rotatable bonds is 5. The predicted molar refractivity (Wildman–Crippen MR) is 79.3 cm³/mol. The molecule has 3 aromatic heterocycles. The Labute approximate surface area is 120 Å². The third-order valence-electron chi connectivity index (χ3n) is 3.26. The lowest BCUT2D eigenvalue weighted by Crippen LogP contribution is -2.15. The Balaban J connectivity index is 1.59. The van der Waals surface area contributed by atoms with Gasteiger partial charge in [-0.1, -0.05) is 0 Å². The molecular formula is C13H17N7O. The molecule has 0 aliphatic rings. The van der Waals surface area contributed by atoms with Gasteiger partial charge in [0.1, 0.15) is 5.39 Å². The van der Waals surface area contributed by atoms with Gasteiger partial charge in [-0.3, -0.25) is 19.6 Å². The van der Waals surface area contributed by atoms with Gasteiger partial charge in [0.2, 0.25) is 5.95 Å². The second-order valence-corrected chi connectivity index (χ2v) is 4.98. The average molecular weight is 287 g/mol. The number of nitrogens with zero attached hydrogens (tertiary/aromatic N) is 4. The maximum atomic E-state index is 11.8. The molecule has 0 amide bonds. The summed E-state index contributed by atoms with van der Waals surface area (Å²) in [7, 11) is 0. The molecule has 0 unspecified atom stereocenters. The second-order valence-electron chi connectivity index (χ2n) is 4.98. The number of fused-ring (bicyclic) bond motifs is 1. The van der Waals surface area contributed by atoms with E-state index in [0.29, 0.717) is 23.5 Å². The van der Waals surface area contributed by atoms with Crippen molar-refractivity contribution in [2.75, 3.05) is 11.9 Å². The van der Waals surface area contributed by atoms with Crippen LogP contribution in [0.2, 0.25) is 0 Å². The summed E-state index contributed by atoms with van der Waals surface area (Å²) in [5.41, 5.74) is 2.46. The van der Waals surface area contributed by atoms with Gasteiger partial charge in [-0.05, 0) is 26.3 Å². The zero-order chi connectivity index (χ0) is 14.8. The largest absolute Gasteiger partial charge is 0.356 e. The fraction of sp³-hybridized carbons (Fsp3) is 0.385. The summed E-state index contributed by atoms with van der Waals surface area (Å²) in [5, 5.41) is 14.5. The molecule has 3 rings (SSSR count). The molecule has 3 N–H and O–H groups in total. The van der Waals surface area contributed by atoms with Crippen LogP contribution in [0.1, 0.15) is 17.8 Å². The van der Waals surface area contributed by atoms with E-state index in [0.717, 1.165) is 24.4 Å². The van der Waals surface area contributed by atoms with Crippen LogP contribution < -0.4 is 10.9 Å². The predicted octanol–water partition coefficient (Wildman–Crippen LogP) is 0.962. The third-order valence-corrected chi connectivity index (χ3v) is 3.26. The van der Waals surface area contributed by atoms with Gasteiger partial charge >= 0.3 is 0 Å². The Hall–Kier alpha value is -2.64. The van der Waals surface area contributed by atoms with Crippen molar-refractivity contribution in [2.45, 2.75) is 26.8 Å². The molecule has 3 aromatic rings.